The summed E-state index contributed by atoms with van der Waals surface area (Å²) < 4.78 is 1.72. The van der Waals surface area contributed by atoms with Crippen LogP contribution in [0.25, 0.3) is 0 Å². The lowest BCUT2D eigenvalue weighted by Crippen LogP contribution is -2.24. The van der Waals surface area contributed by atoms with Gasteiger partial charge in [0.15, 0.2) is 0 Å². The Bertz CT molecular complexity index is 326. The summed E-state index contributed by atoms with van der Waals surface area (Å²) in [5.41, 5.74) is -0.116. The first-order chi connectivity index (χ1) is 6.36. The Labute approximate surface area is 77.4 Å². The summed E-state index contributed by atoms with van der Waals surface area (Å²) in [6.45, 7) is 0.854. The molecule has 1 heterocycles. The summed E-state index contributed by atoms with van der Waals surface area (Å²) in [4.78, 5) is 15.0. The Kier molecular flexibility index (Phi) is 2.43. The normalized spacial score (nSPS) is 17.8. The molecule has 1 aliphatic rings. The molecular weight excluding hydrogens is 164 g/mol. The van der Waals surface area contributed by atoms with Crippen LogP contribution in [-0.4, -0.2) is 9.55 Å². The topological polar surface area (TPSA) is 34.9 Å². The Morgan fingerprint density at radius 3 is 2.92 bits per heavy atom. The Balaban J connectivity index is 2.08. The molecule has 3 heteroatoms. The van der Waals surface area contributed by atoms with Crippen molar-refractivity contribution >= 4 is 0 Å². The molecule has 1 fully saturated rings. The Hall–Kier alpha value is -1.12. The first-order valence-electron chi connectivity index (χ1n) is 4.88. The standard InChI is InChI=1S/C10H14N2O/c13-10-11-6-3-7-12(10)8-9-4-1-2-5-9/h3,6-7,9H,1-2,4-5,8H2. The van der Waals surface area contributed by atoms with E-state index in [4.69, 9.17) is 0 Å². The molecule has 1 aliphatic carbocycles. The highest BCUT2D eigenvalue weighted by Crippen LogP contribution is 2.25. The van der Waals surface area contributed by atoms with Crippen LogP contribution in [0.5, 0.6) is 0 Å². The van der Waals surface area contributed by atoms with Crippen molar-refractivity contribution in [2.24, 2.45) is 5.92 Å². The van der Waals surface area contributed by atoms with Crippen LogP contribution >= 0.6 is 0 Å². The van der Waals surface area contributed by atoms with Crippen LogP contribution in [-0.2, 0) is 6.54 Å². The molecule has 70 valence electrons. The molecule has 0 aromatic carbocycles. The van der Waals surface area contributed by atoms with Crippen LogP contribution in [0.2, 0.25) is 0 Å². The fraction of sp³-hybridized carbons (Fsp3) is 0.600. The lowest BCUT2D eigenvalue weighted by Gasteiger charge is -2.09. The van der Waals surface area contributed by atoms with Gasteiger partial charge in [0.2, 0.25) is 0 Å². The maximum Gasteiger partial charge on any atom is 0.347 e. The number of nitrogens with zero attached hydrogens (tertiary/aromatic N) is 2. The maximum atomic E-state index is 11.3. The summed E-state index contributed by atoms with van der Waals surface area (Å²) >= 11 is 0. The summed E-state index contributed by atoms with van der Waals surface area (Å²) in [6.07, 6.45) is 8.54. The second kappa shape index (κ2) is 3.73. The van der Waals surface area contributed by atoms with Gasteiger partial charge in [-0.15, -0.1) is 0 Å². The minimum absolute atomic E-state index is 0.116. The smallest absolute Gasteiger partial charge is 0.299 e. The third-order valence-electron chi connectivity index (χ3n) is 2.71. The summed E-state index contributed by atoms with van der Waals surface area (Å²) in [7, 11) is 0. The largest absolute Gasteiger partial charge is 0.347 e. The van der Waals surface area contributed by atoms with E-state index in [-0.39, 0.29) is 5.69 Å². The van der Waals surface area contributed by atoms with Gasteiger partial charge in [0.05, 0.1) is 0 Å². The molecule has 0 amide bonds. The summed E-state index contributed by atoms with van der Waals surface area (Å²) in [6, 6.07) is 1.82. The molecule has 0 saturated heterocycles. The fourth-order valence-corrected chi connectivity index (χ4v) is 2.00. The number of aromatic nitrogens is 2. The zero-order valence-corrected chi connectivity index (χ0v) is 7.65. The molecule has 0 bridgehead atoms. The third-order valence-corrected chi connectivity index (χ3v) is 2.71. The number of hydrogen-bond donors (Lipinski definition) is 0. The van der Waals surface area contributed by atoms with Crippen molar-refractivity contribution in [1.82, 2.24) is 9.55 Å². The molecule has 0 aliphatic heterocycles. The molecule has 0 unspecified atom stereocenters. The monoisotopic (exact) mass is 178 g/mol. The van der Waals surface area contributed by atoms with Crippen molar-refractivity contribution in [2.75, 3.05) is 0 Å². The van der Waals surface area contributed by atoms with Crippen molar-refractivity contribution < 1.29 is 0 Å². The Morgan fingerprint density at radius 2 is 2.23 bits per heavy atom. The van der Waals surface area contributed by atoms with Crippen LogP contribution in [0.1, 0.15) is 25.7 Å². The average Bonchev–Trinajstić information content (AvgIpc) is 2.61. The maximum absolute atomic E-state index is 11.3. The molecule has 3 nitrogen and oxygen atoms in total. The van der Waals surface area contributed by atoms with Crippen molar-refractivity contribution in [2.45, 2.75) is 32.2 Å². The molecule has 0 spiro atoms. The van der Waals surface area contributed by atoms with Crippen LogP contribution in [0.4, 0.5) is 0 Å². The van der Waals surface area contributed by atoms with E-state index in [1.807, 2.05) is 12.3 Å². The molecule has 0 radical (unpaired) electrons. The van der Waals surface area contributed by atoms with Crippen LogP contribution < -0.4 is 5.69 Å². The van der Waals surface area contributed by atoms with Gasteiger partial charge in [-0.05, 0) is 24.8 Å². The SMILES string of the molecule is O=c1ncccn1CC1CCCC1. The average molecular weight is 178 g/mol. The number of rotatable bonds is 2. The molecule has 1 aromatic heterocycles. The minimum Gasteiger partial charge on any atom is -0.299 e. The van der Waals surface area contributed by atoms with Gasteiger partial charge < -0.3 is 0 Å². The van der Waals surface area contributed by atoms with Gasteiger partial charge in [-0.3, -0.25) is 4.57 Å². The van der Waals surface area contributed by atoms with E-state index >= 15 is 0 Å². The van der Waals surface area contributed by atoms with E-state index in [1.54, 1.807) is 10.8 Å². The highest BCUT2D eigenvalue weighted by atomic mass is 16.1. The van der Waals surface area contributed by atoms with Gasteiger partial charge in [-0.25, -0.2) is 9.78 Å². The van der Waals surface area contributed by atoms with E-state index in [2.05, 4.69) is 4.98 Å². The molecule has 2 rings (SSSR count). The van der Waals surface area contributed by atoms with Crippen LogP contribution in [0.15, 0.2) is 23.3 Å². The first-order valence-corrected chi connectivity index (χ1v) is 4.88. The highest BCUT2D eigenvalue weighted by Gasteiger charge is 2.15. The van der Waals surface area contributed by atoms with Gasteiger partial charge in [-0.1, -0.05) is 12.8 Å². The lowest BCUT2D eigenvalue weighted by molar-refractivity contribution is 0.444. The van der Waals surface area contributed by atoms with E-state index in [0.717, 1.165) is 6.54 Å². The molecule has 0 N–H and O–H groups in total. The van der Waals surface area contributed by atoms with Crippen molar-refractivity contribution in [1.29, 1.82) is 0 Å². The number of hydrogen-bond acceptors (Lipinski definition) is 2. The van der Waals surface area contributed by atoms with Gasteiger partial charge in [0.25, 0.3) is 0 Å². The highest BCUT2D eigenvalue weighted by molar-refractivity contribution is 4.82. The van der Waals surface area contributed by atoms with E-state index in [0.29, 0.717) is 5.92 Å². The molecule has 13 heavy (non-hydrogen) atoms. The van der Waals surface area contributed by atoms with Gasteiger partial charge >= 0.3 is 5.69 Å². The van der Waals surface area contributed by atoms with E-state index < -0.39 is 0 Å². The van der Waals surface area contributed by atoms with Crippen LogP contribution in [0, 0.1) is 5.92 Å². The summed E-state index contributed by atoms with van der Waals surface area (Å²) in [5, 5.41) is 0. The molecule has 1 saturated carbocycles. The fourth-order valence-electron chi connectivity index (χ4n) is 2.00. The van der Waals surface area contributed by atoms with Crippen molar-refractivity contribution in [3.63, 3.8) is 0 Å². The predicted molar refractivity (Wildman–Crippen MR) is 50.5 cm³/mol. The van der Waals surface area contributed by atoms with Crippen molar-refractivity contribution in [3.05, 3.63) is 28.9 Å². The van der Waals surface area contributed by atoms with Gasteiger partial charge in [0.1, 0.15) is 0 Å². The second-order valence-corrected chi connectivity index (χ2v) is 3.71. The zero-order chi connectivity index (χ0) is 9.10. The lowest BCUT2D eigenvalue weighted by atomic mass is 10.1. The third kappa shape index (κ3) is 1.97. The molecule has 1 aromatic rings. The van der Waals surface area contributed by atoms with E-state index in [9.17, 15) is 4.79 Å². The molecular formula is C10H14N2O. The minimum atomic E-state index is -0.116. The van der Waals surface area contributed by atoms with E-state index in [1.165, 1.54) is 25.7 Å². The first kappa shape index (κ1) is 8.48. The second-order valence-electron chi connectivity index (χ2n) is 3.71. The Morgan fingerprint density at radius 1 is 1.46 bits per heavy atom. The molecule has 0 atom stereocenters. The quantitative estimate of drug-likeness (QED) is 0.686. The van der Waals surface area contributed by atoms with Gasteiger partial charge in [0, 0.05) is 18.9 Å². The van der Waals surface area contributed by atoms with Crippen LogP contribution in [0.3, 0.4) is 0 Å². The predicted octanol–water partition coefficient (Wildman–Crippen LogP) is 1.43. The van der Waals surface area contributed by atoms with Crippen molar-refractivity contribution in [3.8, 4) is 0 Å². The zero-order valence-electron chi connectivity index (χ0n) is 7.65. The van der Waals surface area contributed by atoms with Gasteiger partial charge in [-0.2, -0.15) is 0 Å². The summed E-state index contributed by atoms with van der Waals surface area (Å²) in [5.74, 6) is 0.696.